The SMILES string of the molecule is c1ccc2c(c1)-c1c(-c3ccc4oc5cc(-c6ccc7c(c6)sc6ccccc67)ccc5c4c3)cccc1C21C2CC3CC(C2)CC1C3. The zero-order valence-electron chi connectivity index (χ0n) is 26.7. The quantitative estimate of drug-likeness (QED) is 0.184. The minimum Gasteiger partial charge on any atom is -0.456 e. The van der Waals surface area contributed by atoms with E-state index in [4.69, 9.17) is 4.42 Å². The normalized spacial score (nSPS) is 25.2. The molecular weight excluding hydrogens is 601 g/mol. The van der Waals surface area contributed by atoms with Gasteiger partial charge in [-0.25, -0.2) is 0 Å². The minimum atomic E-state index is 0.192. The summed E-state index contributed by atoms with van der Waals surface area (Å²) < 4.78 is 9.22. The predicted octanol–water partition coefficient (Wildman–Crippen LogP) is 13.0. The molecular formula is C46H34OS. The zero-order valence-corrected chi connectivity index (χ0v) is 27.5. The summed E-state index contributed by atoms with van der Waals surface area (Å²) in [5.41, 5.74) is 13.4. The first-order valence-corrected chi connectivity index (χ1v) is 18.7. The van der Waals surface area contributed by atoms with Crippen molar-refractivity contribution in [3.05, 3.63) is 132 Å². The van der Waals surface area contributed by atoms with Gasteiger partial charge in [0, 0.05) is 36.4 Å². The first-order chi connectivity index (χ1) is 23.7. The van der Waals surface area contributed by atoms with E-state index in [0.29, 0.717) is 0 Å². The number of hydrogen-bond acceptors (Lipinski definition) is 2. The highest BCUT2D eigenvalue weighted by atomic mass is 32.1. The molecule has 0 atom stereocenters. The Bertz CT molecular complexity index is 2620. The second kappa shape index (κ2) is 9.27. The predicted molar refractivity (Wildman–Crippen MR) is 201 cm³/mol. The van der Waals surface area contributed by atoms with E-state index < -0.39 is 0 Å². The Morgan fingerprint density at radius 3 is 2.04 bits per heavy atom. The summed E-state index contributed by atoms with van der Waals surface area (Å²) in [6.45, 7) is 0. The van der Waals surface area contributed by atoms with Crippen molar-refractivity contribution in [1.29, 1.82) is 0 Å². The lowest BCUT2D eigenvalue weighted by atomic mass is 9.43. The Morgan fingerprint density at radius 2 is 1.17 bits per heavy atom. The van der Waals surface area contributed by atoms with Crippen molar-refractivity contribution < 1.29 is 4.42 Å². The summed E-state index contributed by atoms with van der Waals surface area (Å²) in [6.07, 6.45) is 7.14. The van der Waals surface area contributed by atoms with Crippen LogP contribution >= 0.6 is 11.3 Å². The highest BCUT2D eigenvalue weighted by Gasteiger charge is 2.61. The monoisotopic (exact) mass is 634 g/mol. The molecule has 0 saturated heterocycles. The largest absolute Gasteiger partial charge is 0.456 e. The Kier molecular flexibility index (Phi) is 5.08. The molecule has 0 N–H and O–H groups in total. The molecule has 2 heterocycles. The van der Waals surface area contributed by atoms with Gasteiger partial charge in [0.15, 0.2) is 0 Å². The molecule has 48 heavy (non-hydrogen) atoms. The Balaban J connectivity index is 0.992. The van der Waals surface area contributed by atoms with E-state index in [1.165, 1.54) is 96.4 Å². The van der Waals surface area contributed by atoms with Gasteiger partial charge in [-0.2, -0.15) is 0 Å². The molecule has 8 aromatic rings. The Labute approximate surface area is 283 Å². The van der Waals surface area contributed by atoms with Crippen LogP contribution in [0.25, 0.3) is 75.5 Å². The van der Waals surface area contributed by atoms with Crippen molar-refractivity contribution in [2.24, 2.45) is 23.7 Å². The molecule has 230 valence electrons. The van der Waals surface area contributed by atoms with Crippen LogP contribution in [0.4, 0.5) is 0 Å². The first kappa shape index (κ1) is 26.3. The van der Waals surface area contributed by atoms with Crippen molar-refractivity contribution >= 4 is 53.4 Å². The third kappa shape index (κ3) is 3.32. The third-order valence-electron chi connectivity index (χ3n) is 13.1. The molecule has 0 amide bonds. The lowest BCUT2D eigenvalue weighted by Crippen LogP contribution is -2.55. The van der Waals surface area contributed by atoms with Crippen LogP contribution < -0.4 is 0 Å². The number of benzene rings is 6. The standard InChI is InChI=1S/C46H34OS/c1-3-9-39-37(7-1)45-33(8-5-10-40(45)46(39)31-19-26-18-27(21-31)22-32(46)20-26)30-14-17-41-38(23-30)34-15-12-28(24-42(34)47-41)29-13-16-36-35-6-2-4-11-43(35)48-44(36)25-29/h1-17,23-27,31-32H,18-22H2. The van der Waals surface area contributed by atoms with Gasteiger partial charge in [0.1, 0.15) is 11.2 Å². The molecule has 4 fully saturated rings. The molecule has 2 aromatic heterocycles. The number of furan rings is 1. The molecule has 5 aliphatic rings. The Morgan fingerprint density at radius 1 is 0.479 bits per heavy atom. The molecule has 1 spiro atoms. The average molecular weight is 635 g/mol. The van der Waals surface area contributed by atoms with Crippen LogP contribution in [0.1, 0.15) is 43.2 Å². The molecule has 2 heteroatoms. The summed E-state index contributed by atoms with van der Waals surface area (Å²) in [7, 11) is 0. The summed E-state index contributed by atoms with van der Waals surface area (Å²) in [5, 5.41) is 5.06. The number of fused-ring (bicyclic) bond motifs is 9. The van der Waals surface area contributed by atoms with E-state index in [0.717, 1.165) is 34.8 Å². The van der Waals surface area contributed by atoms with E-state index in [1.807, 2.05) is 11.3 Å². The van der Waals surface area contributed by atoms with Crippen LogP contribution in [0.15, 0.2) is 126 Å². The fourth-order valence-electron chi connectivity index (χ4n) is 11.5. The van der Waals surface area contributed by atoms with Gasteiger partial charge < -0.3 is 4.42 Å². The van der Waals surface area contributed by atoms with E-state index >= 15 is 0 Å². The van der Waals surface area contributed by atoms with Crippen LogP contribution in [0, 0.1) is 23.7 Å². The molecule has 1 nitrogen and oxygen atoms in total. The van der Waals surface area contributed by atoms with Gasteiger partial charge in [0.25, 0.3) is 0 Å². The van der Waals surface area contributed by atoms with Gasteiger partial charge >= 0.3 is 0 Å². The highest BCUT2D eigenvalue weighted by molar-refractivity contribution is 7.25. The first-order valence-electron chi connectivity index (χ1n) is 17.8. The van der Waals surface area contributed by atoms with Crippen molar-refractivity contribution in [2.75, 3.05) is 0 Å². The van der Waals surface area contributed by atoms with Crippen molar-refractivity contribution in [2.45, 2.75) is 37.5 Å². The van der Waals surface area contributed by atoms with Gasteiger partial charge in [0.05, 0.1) is 0 Å². The number of hydrogen-bond donors (Lipinski definition) is 0. The lowest BCUT2D eigenvalue weighted by Gasteiger charge is -2.61. The fraction of sp³-hybridized carbons (Fsp3) is 0.217. The van der Waals surface area contributed by atoms with Crippen LogP contribution in [0.3, 0.4) is 0 Å². The lowest BCUT2D eigenvalue weighted by molar-refractivity contribution is -0.0399. The van der Waals surface area contributed by atoms with E-state index in [1.54, 1.807) is 11.1 Å². The van der Waals surface area contributed by atoms with E-state index in [2.05, 4.69) is 121 Å². The summed E-state index contributed by atoms with van der Waals surface area (Å²) in [4.78, 5) is 0. The molecule has 0 unspecified atom stereocenters. The summed E-state index contributed by atoms with van der Waals surface area (Å²) in [6, 6.07) is 45.9. The topological polar surface area (TPSA) is 13.1 Å². The van der Waals surface area contributed by atoms with Crippen LogP contribution in [-0.2, 0) is 5.41 Å². The maximum atomic E-state index is 6.55. The van der Waals surface area contributed by atoms with Gasteiger partial charge in [0.2, 0.25) is 0 Å². The number of thiophene rings is 1. The average Bonchev–Trinajstić information content (AvgIpc) is 3.77. The fourth-order valence-corrected chi connectivity index (χ4v) is 12.6. The number of rotatable bonds is 2. The molecule has 5 aliphatic carbocycles. The van der Waals surface area contributed by atoms with Gasteiger partial charge in [-0.15, -0.1) is 11.3 Å². The molecule has 4 saturated carbocycles. The second-order valence-electron chi connectivity index (χ2n) is 15.3. The Hall–Kier alpha value is -4.66. The summed E-state index contributed by atoms with van der Waals surface area (Å²) in [5.74, 6) is 3.46. The maximum absolute atomic E-state index is 6.55. The molecule has 6 aromatic carbocycles. The van der Waals surface area contributed by atoms with Gasteiger partial charge in [-0.1, -0.05) is 84.9 Å². The smallest absolute Gasteiger partial charge is 0.136 e. The third-order valence-corrected chi connectivity index (χ3v) is 14.2. The highest BCUT2D eigenvalue weighted by Crippen LogP contribution is 2.70. The second-order valence-corrected chi connectivity index (χ2v) is 16.4. The molecule has 0 aliphatic heterocycles. The van der Waals surface area contributed by atoms with Crippen molar-refractivity contribution in [1.82, 2.24) is 0 Å². The van der Waals surface area contributed by atoms with Gasteiger partial charge in [-0.3, -0.25) is 0 Å². The van der Waals surface area contributed by atoms with E-state index in [-0.39, 0.29) is 5.41 Å². The van der Waals surface area contributed by atoms with Crippen LogP contribution in [0.5, 0.6) is 0 Å². The molecule has 4 bridgehead atoms. The minimum absolute atomic E-state index is 0.192. The van der Waals surface area contributed by atoms with Gasteiger partial charge in [-0.05, 0) is 137 Å². The van der Waals surface area contributed by atoms with Crippen molar-refractivity contribution in [3.8, 4) is 33.4 Å². The van der Waals surface area contributed by atoms with E-state index in [9.17, 15) is 0 Å². The zero-order chi connectivity index (χ0) is 31.1. The maximum Gasteiger partial charge on any atom is 0.136 e. The molecule has 13 rings (SSSR count). The van der Waals surface area contributed by atoms with Crippen molar-refractivity contribution in [3.63, 3.8) is 0 Å². The summed E-state index contributed by atoms with van der Waals surface area (Å²) >= 11 is 1.87. The molecule has 0 radical (unpaired) electrons. The van der Waals surface area contributed by atoms with Crippen LogP contribution in [-0.4, -0.2) is 0 Å². The van der Waals surface area contributed by atoms with Crippen LogP contribution in [0.2, 0.25) is 0 Å².